The SMILES string of the molecule is COc1cc(OC)c(C(O)CCC(C)C)c(OC)c1. The van der Waals surface area contributed by atoms with Crippen LogP contribution in [0.4, 0.5) is 0 Å². The molecule has 4 nitrogen and oxygen atoms in total. The van der Waals surface area contributed by atoms with E-state index < -0.39 is 6.10 Å². The molecule has 0 spiro atoms. The summed E-state index contributed by atoms with van der Waals surface area (Å²) in [6, 6.07) is 3.52. The molecule has 1 rings (SSSR count). The van der Waals surface area contributed by atoms with E-state index in [4.69, 9.17) is 14.2 Å². The maximum absolute atomic E-state index is 10.4. The van der Waals surface area contributed by atoms with Crippen LogP contribution in [0.2, 0.25) is 0 Å². The third-order valence-electron chi connectivity index (χ3n) is 3.10. The Morgan fingerprint density at radius 3 is 1.84 bits per heavy atom. The smallest absolute Gasteiger partial charge is 0.132 e. The molecule has 108 valence electrons. The highest BCUT2D eigenvalue weighted by atomic mass is 16.5. The highest BCUT2D eigenvalue weighted by Crippen LogP contribution is 2.40. The molecule has 0 aromatic heterocycles. The molecule has 0 aliphatic rings. The molecular weight excluding hydrogens is 244 g/mol. The van der Waals surface area contributed by atoms with Gasteiger partial charge in [-0.1, -0.05) is 13.8 Å². The third-order valence-corrected chi connectivity index (χ3v) is 3.10. The summed E-state index contributed by atoms with van der Waals surface area (Å²) in [6.45, 7) is 4.27. The summed E-state index contributed by atoms with van der Waals surface area (Å²) in [4.78, 5) is 0. The fraction of sp³-hybridized carbons (Fsp3) is 0.600. The van der Waals surface area contributed by atoms with Crippen LogP contribution in [-0.4, -0.2) is 26.4 Å². The van der Waals surface area contributed by atoms with Gasteiger partial charge in [-0.25, -0.2) is 0 Å². The van der Waals surface area contributed by atoms with E-state index in [1.165, 1.54) is 0 Å². The van der Waals surface area contributed by atoms with Gasteiger partial charge in [-0.15, -0.1) is 0 Å². The molecular formula is C15H24O4. The van der Waals surface area contributed by atoms with Crippen molar-refractivity contribution in [1.82, 2.24) is 0 Å². The minimum Gasteiger partial charge on any atom is -0.496 e. The van der Waals surface area contributed by atoms with E-state index >= 15 is 0 Å². The molecule has 0 saturated heterocycles. The average Bonchev–Trinajstić information content (AvgIpc) is 2.42. The molecule has 1 atom stereocenters. The van der Waals surface area contributed by atoms with Crippen molar-refractivity contribution in [2.75, 3.05) is 21.3 Å². The Morgan fingerprint density at radius 1 is 0.947 bits per heavy atom. The lowest BCUT2D eigenvalue weighted by molar-refractivity contribution is 0.151. The van der Waals surface area contributed by atoms with E-state index in [1.807, 2.05) is 0 Å². The maximum Gasteiger partial charge on any atom is 0.132 e. The molecule has 0 saturated carbocycles. The molecule has 0 amide bonds. The third kappa shape index (κ3) is 4.03. The number of methoxy groups -OCH3 is 3. The van der Waals surface area contributed by atoms with Gasteiger partial charge in [0.15, 0.2) is 0 Å². The standard InChI is InChI=1S/C15H24O4/c1-10(2)6-7-12(16)15-13(18-4)8-11(17-3)9-14(15)19-5/h8-10,12,16H,6-7H2,1-5H3. The van der Waals surface area contributed by atoms with E-state index in [2.05, 4.69) is 13.8 Å². The first kappa shape index (κ1) is 15.6. The zero-order valence-corrected chi connectivity index (χ0v) is 12.4. The molecule has 4 heteroatoms. The van der Waals surface area contributed by atoms with Crippen molar-refractivity contribution >= 4 is 0 Å². The van der Waals surface area contributed by atoms with Crippen LogP contribution < -0.4 is 14.2 Å². The van der Waals surface area contributed by atoms with E-state index in [-0.39, 0.29) is 0 Å². The minimum atomic E-state index is -0.599. The van der Waals surface area contributed by atoms with Gasteiger partial charge >= 0.3 is 0 Å². The van der Waals surface area contributed by atoms with E-state index in [0.717, 1.165) is 6.42 Å². The maximum atomic E-state index is 10.4. The van der Waals surface area contributed by atoms with Crippen molar-refractivity contribution < 1.29 is 19.3 Å². The number of rotatable bonds is 7. The Labute approximate surface area is 115 Å². The van der Waals surface area contributed by atoms with Crippen molar-refractivity contribution in [3.8, 4) is 17.2 Å². The van der Waals surface area contributed by atoms with Gasteiger partial charge in [-0.2, -0.15) is 0 Å². The van der Waals surface area contributed by atoms with Crippen molar-refractivity contribution in [3.63, 3.8) is 0 Å². The summed E-state index contributed by atoms with van der Waals surface area (Å²) < 4.78 is 15.9. The minimum absolute atomic E-state index is 0.546. The van der Waals surface area contributed by atoms with Gasteiger partial charge in [-0.3, -0.25) is 0 Å². The fourth-order valence-corrected chi connectivity index (χ4v) is 2.00. The van der Waals surface area contributed by atoms with Crippen LogP contribution in [0.1, 0.15) is 38.4 Å². The average molecular weight is 268 g/mol. The Kier molecular flexibility index (Phi) is 5.96. The molecule has 1 N–H and O–H groups in total. The van der Waals surface area contributed by atoms with Crippen LogP contribution >= 0.6 is 0 Å². The Hall–Kier alpha value is -1.42. The molecule has 0 radical (unpaired) electrons. The first-order chi connectivity index (χ1) is 9.03. The molecule has 0 bridgehead atoms. The van der Waals surface area contributed by atoms with Gasteiger partial charge in [-0.05, 0) is 18.8 Å². The topological polar surface area (TPSA) is 47.9 Å². The second kappa shape index (κ2) is 7.24. The predicted molar refractivity (Wildman–Crippen MR) is 75.1 cm³/mol. The van der Waals surface area contributed by atoms with E-state index in [9.17, 15) is 5.11 Å². The zero-order valence-electron chi connectivity index (χ0n) is 12.4. The number of hydrogen-bond donors (Lipinski definition) is 1. The number of benzene rings is 1. The van der Waals surface area contributed by atoms with Gasteiger partial charge in [0, 0.05) is 12.1 Å². The first-order valence-corrected chi connectivity index (χ1v) is 6.51. The Balaban J connectivity index is 3.08. The lowest BCUT2D eigenvalue weighted by Gasteiger charge is -2.19. The van der Waals surface area contributed by atoms with Crippen LogP contribution in [0.15, 0.2) is 12.1 Å². The Morgan fingerprint density at radius 2 is 1.47 bits per heavy atom. The summed E-state index contributed by atoms with van der Waals surface area (Å²) in [5.41, 5.74) is 0.687. The van der Waals surface area contributed by atoms with Crippen LogP contribution in [0.25, 0.3) is 0 Å². The highest BCUT2D eigenvalue weighted by Gasteiger charge is 2.20. The van der Waals surface area contributed by atoms with E-state index in [0.29, 0.717) is 35.2 Å². The van der Waals surface area contributed by atoms with Crippen LogP contribution in [0.3, 0.4) is 0 Å². The van der Waals surface area contributed by atoms with Gasteiger partial charge in [0.1, 0.15) is 17.2 Å². The van der Waals surface area contributed by atoms with Crippen LogP contribution in [0, 0.1) is 5.92 Å². The number of hydrogen-bond acceptors (Lipinski definition) is 4. The van der Waals surface area contributed by atoms with Gasteiger partial charge < -0.3 is 19.3 Å². The molecule has 0 heterocycles. The van der Waals surface area contributed by atoms with Gasteiger partial charge in [0.2, 0.25) is 0 Å². The van der Waals surface area contributed by atoms with Crippen LogP contribution in [0.5, 0.6) is 17.2 Å². The molecule has 1 aromatic carbocycles. The molecule has 1 unspecified atom stereocenters. The number of aliphatic hydroxyl groups is 1. The monoisotopic (exact) mass is 268 g/mol. The molecule has 0 fully saturated rings. The molecule has 0 aliphatic heterocycles. The largest absolute Gasteiger partial charge is 0.496 e. The first-order valence-electron chi connectivity index (χ1n) is 6.51. The van der Waals surface area contributed by atoms with Crippen molar-refractivity contribution in [3.05, 3.63) is 17.7 Å². The molecule has 19 heavy (non-hydrogen) atoms. The highest BCUT2D eigenvalue weighted by molar-refractivity contribution is 5.51. The summed E-state index contributed by atoms with van der Waals surface area (Å²) in [5, 5.41) is 10.4. The van der Waals surface area contributed by atoms with Crippen molar-refractivity contribution in [2.45, 2.75) is 32.8 Å². The van der Waals surface area contributed by atoms with E-state index in [1.54, 1.807) is 33.5 Å². The van der Waals surface area contributed by atoms with Crippen molar-refractivity contribution in [2.24, 2.45) is 5.92 Å². The number of ether oxygens (including phenoxy) is 3. The quantitative estimate of drug-likeness (QED) is 0.825. The van der Waals surface area contributed by atoms with Gasteiger partial charge in [0.25, 0.3) is 0 Å². The van der Waals surface area contributed by atoms with Crippen molar-refractivity contribution in [1.29, 1.82) is 0 Å². The predicted octanol–water partition coefficient (Wildman–Crippen LogP) is 3.18. The lowest BCUT2D eigenvalue weighted by atomic mass is 9.98. The summed E-state index contributed by atoms with van der Waals surface area (Å²) in [5.74, 6) is 2.37. The fourth-order valence-electron chi connectivity index (χ4n) is 2.00. The summed E-state index contributed by atoms with van der Waals surface area (Å²) >= 11 is 0. The second-order valence-electron chi connectivity index (χ2n) is 4.93. The summed E-state index contributed by atoms with van der Waals surface area (Å²) in [6.07, 6.45) is 1.02. The Bertz CT molecular complexity index is 376. The van der Waals surface area contributed by atoms with Gasteiger partial charge in [0.05, 0.1) is 33.0 Å². The lowest BCUT2D eigenvalue weighted by Crippen LogP contribution is -2.05. The molecule has 1 aromatic rings. The summed E-state index contributed by atoms with van der Waals surface area (Å²) in [7, 11) is 4.74. The van der Waals surface area contributed by atoms with Crippen LogP contribution in [-0.2, 0) is 0 Å². The number of aliphatic hydroxyl groups excluding tert-OH is 1. The zero-order chi connectivity index (χ0) is 14.4. The second-order valence-corrected chi connectivity index (χ2v) is 4.93. The molecule has 0 aliphatic carbocycles. The normalized spacial score (nSPS) is 12.4.